The lowest BCUT2D eigenvalue weighted by Gasteiger charge is -2.20. The van der Waals surface area contributed by atoms with E-state index >= 15 is 0 Å². The standard InChI is InChI=1S/C22H25N5O4S2/c1-16-9-5-6-10-19(16)26-17(2)23-24-22(26)32-21-12-11-18(15-20(21)27(28)29)33(30,31)25-13-7-3-4-8-14-25/h5-6,9-12,15H,3-4,7-8,13-14H2,1-2H3. The summed E-state index contributed by atoms with van der Waals surface area (Å²) in [5, 5.41) is 20.7. The zero-order valence-corrected chi connectivity index (χ0v) is 20.1. The highest BCUT2D eigenvalue weighted by molar-refractivity contribution is 7.99. The molecule has 1 fully saturated rings. The van der Waals surface area contributed by atoms with Crippen molar-refractivity contribution in [2.75, 3.05) is 13.1 Å². The maximum Gasteiger partial charge on any atom is 0.284 e. The van der Waals surface area contributed by atoms with E-state index in [0.29, 0.717) is 29.0 Å². The van der Waals surface area contributed by atoms with Crippen LogP contribution in [0.15, 0.2) is 57.4 Å². The van der Waals surface area contributed by atoms with Gasteiger partial charge in [0.1, 0.15) is 5.82 Å². The number of aromatic nitrogens is 3. The smallest absolute Gasteiger partial charge is 0.274 e. The van der Waals surface area contributed by atoms with Gasteiger partial charge >= 0.3 is 0 Å². The molecule has 0 bridgehead atoms. The van der Waals surface area contributed by atoms with E-state index in [2.05, 4.69) is 10.2 Å². The van der Waals surface area contributed by atoms with E-state index in [1.165, 1.54) is 16.4 Å². The molecule has 0 amide bonds. The second-order valence-electron chi connectivity index (χ2n) is 7.96. The number of nitro groups is 1. The van der Waals surface area contributed by atoms with Gasteiger partial charge in [-0.25, -0.2) is 8.42 Å². The molecule has 0 aliphatic carbocycles. The van der Waals surface area contributed by atoms with Crippen LogP contribution in [0.4, 0.5) is 5.69 Å². The van der Waals surface area contributed by atoms with Gasteiger partial charge in [0.25, 0.3) is 5.69 Å². The van der Waals surface area contributed by atoms with Crippen LogP contribution in [0.2, 0.25) is 0 Å². The molecule has 0 unspecified atom stereocenters. The molecule has 0 radical (unpaired) electrons. The van der Waals surface area contributed by atoms with Crippen LogP contribution in [0.25, 0.3) is 5.69 Å². The van der Waals surface area contributed by atoms with Crippen LogP contribution in [-0.2, 0) is 10.0 Å². The van der Waals surface area contributed by atoms with Crippen molar-refractivity contribution in [1.82, 2.24) is 19.1 Å². The molecular weight excluding hydrogens is 462 g/mol. The number of rotatable bonds is 6. The fraction of sp³-hybridized carbons (Fsp3) is 0.364. The molecule has 0 saturated carbocycles. The largest absolute Gasteiger partial charge is 0.284 e. The summed E-state index contributed by atoms with van der Waals surface area (Å²) >= 11 is 1.09. The monoisotopic (exact) mass is 487 g/mol. The molecule has 0 spiro atoms. The lowest BCUT2D eigenvalue weighted by atomic mass is 10.2. The highest BCUT2D eigenvalue weighted by Crippen LogP contribution is 2.37. The summed E-state index contributed by atoms with van der Waals surface area (Å²) in [7, 11) is -3.80. The first-order chi connectivity index (χ1) is 15.8. The minimum Gasteiger partial charge on any atom is -0.274 e. The molecule has 33 heavy (non-hydrogen) atoms. The van der Waals surface area contributed by atoms with Crippen molar-refractivity contribution in [2.45, 2.75) is 54.5 Å². The number of sulfonamides is 1. The Balaban J connectivity index is 1.71. The maximum atomic E-state index is 13.1. The van der Waals surface area contributed by atoms with Gasteiger partial charge in [-0.3, -0.25) is 14.7 Å². The third kappa shape index (κ3) is 4.80. The lowest BCUT2D eigenvalue weighted by Crippen LogP contribution is -2.31. The van der Waals surface area contributed by atoms with E-state index in [1.54, 1.807) is 0 Å². The number of benzene rings is 2. The Kier molecular flexibility index (Phi) is 6.82. The van der Waals surface area contributed by atoms with Gasteiger partial charge in [0.15, 0.2) is 0 Å². The van der Waals surface area contributed by atoms with E-state index in [1.807, 2.05) is 42.7 Å². The number of nitrogens with zero attached hydrogens (tertiary/aromatic N) is 5. The Bertz CT molecular complexity index is 1280. The van der Waals surface area contributed by atoms with Crippen LogP contribution in [0.1, 0.15) is 37.1 Å². The number of para-hydroxylation sites is 1. The van der Waals surface area contributed by atoms with Crippen molar-refractivity contribution in [3.63, 3.8) is 0 Å². The summed E-state index contributed by atoms with van der Waals surface area (Å²) in [6, 6.07) is 11.8. The summed E-state index contributed by atoms with van der Waals surface area (Å²) in [5.74, 6) is 0.648. The molecule has 2 heterocycles. The topological polar surface area (TPSA) is 111 Å². The van der Waals surface area contributed by atoms with Gasteiger partial charge in [-0.1, -0.05) is 31.0 Å². The second kappa shape index (κ2) is 9.62. The zero-order chi connectivity index (χ0) is 23.6. The van der Waals surface area contributed by atoms with Crippen molar-refractivity contribution >= 4 is 27.5 Å². The third-order valence-electron chi connectivity index (χ3n) is 5.68. The Morgan fingerprint density at radius 2 is 1.70 bits per heavy atom. The van der Waals surface area contributed by atoms with Crippen molar-refractivity contribution < 1.29 is 13.3 Å². The zero-order valence-electron chi connectivity index (χ0n) is 18.5. The minimum atomic E-state index is -3.80. The summed E-state index contributed by atoms with van der Waals surface area (Å²) in [6.45, 7) is 4.65. The first kappa shape index (κ1) is 23.4. The van der Waals surface area contributed by atoms with Crippen LogP contribution in [0.5, 0.6) is 0 Å². The molecule has 11 heteroatoms. The van der Waals surface area contributed by atoms with E-state index in [0.717, 1.165) is 54.8 Å². The first-order valence-electron chi connectivity index (χ1n) is 10.7. The maximum absolute atomic E-state index is 13.1. The molecule has 9 nitrogen and oxygen atoms in total. The van der Waals surface area contributed by atoms with Crippen molar-refractivity contribution in [3.05, 3.63) is 64.0 Å². The van der Waals surface area contributed by atoms with Gasteiger partial charge < -0.3 is 0 Å². The summed E-state index contributed by atoms with van der Waals surface area (Å²) < 4.78 is 29.5. The number of nitro benzene ring substituents is 1. The number of aryl methyl sites for hydroxylation is 2. The Labute approximate surface area is 197 Å². The average Bonchev–Trinajstić information content (AvgIpc) is 2.98. The van der Waals surface area contributed by atoms with Crippen LogP contribution in [-0.4, -0.2) is 45.5 Å². The minimum absolute atomic E-state index is 0.0583. The molecule has 3 aromatic rings. The Hall–Kier alpha value is -2.76. The molecule has 2 aromatic carbocycles. The average molecular weight is 488 g/mol. The van der Waals surface area contributed by atoms with Crippen LogP contribution >= 0.6 is 11.8 Å². The summed E-state index contributed by atoms with van der Waals surface area (Å²) in [5.41, 5.74) is 1.62. The normalized spacial score (nSPS) is 15.3. The highest BCUT2D eigenvalue weighted by atomic mass is 32.2. The molecule has 0 atom stereocenters. The SMILES string of the molecule is Cc1ccccc1-n1c(C)nnc1Sc1ccc(S(=O)(=O)N2CCCCCC2)cc1[N+](=O)[O-]. The molecule has 1 aliphatic heterocycles. The summed E-state index contributed by atoms with van der Waals surface area (Å²) in [6.07, 6.45) is 3.57. The Morgan fingerprint density at radius 1 is 1.00 bits per heavy atom. The third-order valence-corrected chi connectivity index (χ3v) is 8.59. The summed E-state index contributed by atoms with van der Waals surface area (Å²) in [4.78, 5) is 11.6. The van der Waals surface area contributed by atoms with E-state index in [-0.39, 0.29) is 10.6 Å². The van der Waals surface area contributed by atoms with Gasteiger partial charge in [-0.2, -0.15) is 4.31 Å². The quantitative estimate of drug-likeness (QED) is 0.371. The molecule has 1 aromatic heterocycles. The molecule has 0 N–H and O–H groups in total. The van der Waals surface area contributed by atoms with Gasteiger partial charge in [-0.05, 0) is 62.2 Å². The van der Waals surface area contributed by atoms with Crippen molar-refractivity contribution in [3.8, 4) is 5.69 Å². The van der Waals surface area contributed by atoms with Crippen LogP contribution < -0.4 is 0 Å². The van der Waals surface area contributed by atoms with Crippen LogP contribution in [0, 0.1) is 24.0 Å². The van der Waals surface area contributed by atoms with Gasteiger partial charge in [0, 0.05) is 19.2 Å². The van der Waals surface area contributed by atoms with E-state index in [9.17, 15) is 18.5 Å². The van der Waals surface area contributed by atoms with Gasteiger partial charge in [0.2, 0.25) is 15.2 Å². The lowest BCUT2D eigenvalue weighted by molar-refractivity contribution is -0.388. The number of hydrogen-bond donors (Lipinski definition) is 0. The predicted octanol–water partition coefficient (Wildman–Crippen LogP) is 4.51. The van der Waals surface area contributed by atoms with E-state index in [4.69, 9.17) is 0 Å². The highest BCUT2D eigenvalue weighted by Gasteiger charge is 2.29. The molecule has 1 saturated heterocycles. The second-order valence-corrected chi connectivity index (χ2v) is 10.9. The van der Waals surface area contributed by atoms with Gasteiger partial charge in [0.05, 0.1) is 20.4 Å². The van der Waals surface area contributed by atoms with Crippen molar-refractivity contribution in [1.29, 1.82) is 0 Å². The fourth-order valence-corrected chi connectivity index (χ4v) is 6.43. The van der Waals surface area contributed by atoms with Crippen LogP contribution in [0.3, 0.4) is 0 Å². The predicted molar refractivity (Wildman–Crippen MR) is 125 cm³/mol. The molecule has 4 rings (SSSR count). The molecule has 1 aliphatic rings. The number of hydrogen-bond acceptors (Lipinski definition) is 7. The fourth-order valence-electron chi connectivity index (χ4n) is 3.92. The molecule has 174 valence electrons. The van der Waals surface area contributed by atoms with Crippen molar-refractivity contribution in [2.24, 2.45) is 0 Å². The Morgan fingerprint density at radius 3 is 2.36 bits per heavy atom. The van der Waals surface area contributed by atoms with E-state index < -0.39 is 14.9 Å². The van der Waals surface area contributed by atoms with Gasteiger partial charge in [-0.15, -0.1) is 10.2 Å². The molecular formula is C22H25N5O4S2. The first-order valence-corrected chi connectivity index (χ1v) is 13.0.